The number of nitrogens with one attached hydrogen (secondary N) is 1. The minimum atomic E-state index is -1.00. The van der Waals surface area contributed by atoms with Crippen molar-refractivity contribution in [2.75, 3.05) is 0 Å². The van der Waals surface area contributed by atoms with E-state index in [1.165, 1.54) is 5.56 Å². The van der Waals surface area contributed by atoms with Gasteiger partial charge in [-0.25, -0.2) is 4.79 Å². The normalized spacial score (nSPS) is 21.6. The van der Waals surface area contributed by atoms with Gasteiger partial charge in [0.2, 0.25) is 5.91 Å². The molecule has 108 valence electrons. The number of ether oxygens (including phenoxy) is 1. The lowest BCUT2D eigenvalue weighted by Crippen LogP contribution is -2.35. The molecule has 2 atom stereocenters. The summed E-state index contributed by atoms with van der Waals surface area (Å²) in [6.45, 7) is 2.51. The number of rotatable bonds is 5. The Morgan fingerprint density at radius 1 is 1.25 bits per heavy atom. The summed E-state index contributed by atoms with van der Waals surface area (Å²) >= 11 is 0. The van der Waals surface area contributed by atoms with Crippen molar-refractivity contribution >= 4 is 11.9 Å². The molecule has 1 saturated heterocycles. The van der Waals surface area contributed by atoms with E-state index < -0.39 is 18.2 Å². The fourth-order valence-electron chi connectivity index (χ4n) is 2.38. The molecular formula is C15H19NO4. The van der Waals surface area contributed by atoms with Crippen molar-refractivity contribution in [3.05, 3.63) is 35.4 Å². The van der Waals surface area contributed by atoms with E-state index in [1.807, 2.05) is 24.3 Å². The van der Waals surface area contributed by atoms with Gasteiger partial charge in [-0.2, -0.15) is 0 Å². The first kappa shape index (κ1) is 14.5. The highest BCUT2D eigenvalue weighted by Gasteiger charge is 2.34. The van der Waals surface area contributed by atoms with Crippen molar-refractivity contribution in [2.45, 2.75) is 44.9 Å². The Morgan fingerprint density at radius 2 is 1.90 bits per heavy atom. The van der Waals surface area contributed by atoms with Crippen LogP contribution in [0, 0.1) is 0 Å². The largest absolute Gasteiger partial charge is 0.479 e. The average Bonchev–Trinajstić information content (AvgIpc) is 2.95. The fraction of sp³-hybridized carbons (Fsp3) is 0.467. The van der Waals surface area contributed by atoms with Crippen LogP contribution in [0.2, 0.25) is 0 Å². The molecule has 5 nitrogen and oxygen atoms in total. The smallest absolute Gasteiger partial charge is 0.332 e. The predicted octanol–water partition coefficient (Wildman–Crippen LogP) is 1.50. The second-order valence-electron chi connectivity index (χ2n) is 4.87. The molecule has 2 N–H and O–H groups in total. The third-order valence-electron chi connectivity index (χ3n) is 3.54. The fourth-order valence-corrected chi connectivity index (χ4v) is 2.38. The Hall–Kier alpha value is -1.88. The molecule has 2 rings (SSSR count). The van der Waals surface area contributed by atoms with Crippen LogP contribution < -0.4 is 5.32 Å². The van der Waals surface area contributed by atoms with Crippen LogP contribution in [0.1, 0.15) is 30.9 Å². The third kappa shape index (κ3) is 3.36. The molecule has 0 aromatic heterocycles. The minimum absolute atomic E-state index is 0.236. The Balaban J connectivity index is 1.88. The molecule has 5 heteroatoms. The van der Waals surface area contributed by atoms with Gasteiger partial charge in [0.25, 0.3) is 0 Å². The molecule has 1 heterocycles. The zero-order valence-corrected chi connectivity index (χ0v) is 11.5. The maximum atomic E-state index is 12.0. The van der Waals surface area contributed by atoms with Crippen LogP contribution in [0.4, 0.5) is 0 Å². The van der Waals surface area contributed by atoms with Gasteiger partial charge in [-0.1, -0.05) is 31.2 Å². The zero-order valence-electron chi connectivity index (χ0n) is 11.5. The van der Waals surface area contributed by atoms with E-state index in [-0.39, 0.29) is 5.91 Å². The van der Waals surface area contributed by atoms with Crippen molar-refractivity contribution < 1.29 is 19.4 Å². The van der Waals surface area contributed by atoms with E-state index in [2.05, 4.69) is 12.2 Å². The summed E-state index contributed by atoms with van der Waals surface area (Å²) in [4.78, 5) is 22.7. The Labute approximate surface area is 117 Å². The van der Waals surface area contributed by atoms with Crippen LogP contribution in [0.15, 0.2) is 24.3 Å². The number of aryl methyl sites for hydroxylation is 1. The summed E-state index contributed by atoms with van der Waals surface area (Å²) in [6.07, 6.45) is 0.253. The second-order valence-corrected chi connectivity index (χ2v) is 4.87. The van der Waals surface area contributed by atoms with Gasteiger partial charge in [-0.15, -0.1) is 0 Å². The quantitative estimate of drug-likeness (QED) is 0.855. The third-order valence-corrected chi connectivity index (χ3v) is 3.54. The van der Waals surface area contributed by atoms with Gasteiger partial charge in [0.15, 0.2) is 6.10 Å². The van der Waals surface area contributed by atoms with E-state index in [9.17, 15) is 9.59 Å². The van der Waals surface area contributed by atoms with Gasteiger partial charge in [0, 0.05) is 6.54 Å². The highest BCUT2D eigenvalue weighted by Crippen LogP contribution is 2.20. The van der Waals surface area contributed by atoms with Crippen molar-refractivity contribution in [1.29, 1.82) is 0 Å². The van der Waals surface area contributed by atoms with E-state index in [0.717, 1.165) is 12.0 Å². The van der Waals surface area contributed by atoms with Crippen molar-refractivity contribution in [2.24, 2.45) is 0 Å². The number of aliphatic carboxylic acids is 1. The molecule has 0 saturated carbocycles. The van der Waals surface area contributed by atoms with E-state index in [1.54, 1.807) is 0 Å². The van der Waals surface area contributed by atoms with Crippen molar-refractivity contribution in [1.82, 2.24) is 5.32 Å². The summed E-state index contributed by atoms with van der Waals surface area (Å²) < 4.78 is 5.22. The van der Waals surface area contributed by atoms with E-state index >= 15 is 0 Å². The maximum absolute atomic E-state index is 12.0. The molecule has 1 aliphatic heterocycles. The first-order valence-corrected chi connectivity index (χ1v) is 6.84. The van der Waals surface area contributed by atoms with Crippen LogP contribution in [-0.2, 0) is 27.3 Å². The number of carbonyl (C=O) groups excluding carboxylic acids is 1. The van der Waals surface area contributed by atoms with Crippen LogP contribution in [0.3, 0.4) is 0 Å². The molecular weight excluding hydrogens is 258 g/mol. The lowest BCUT2D eigenvalue weighted by atomic mass is 10.1. The number of hydrogen-bond donors (Lipinski definition) is 2. The van der Waals surface area contributed by atoms with Crippen LogP contribution in [0.5, 0.6) is 0 Å². The lowest BCUT2D eigenvalue weighted by molar-refractivity contribution is -0.151. The van der Waals surface area contributed by atoms with Crippen LogP contribution >= 0.6 is 0 Å². The van der Waals surface area contributed by atoms with Gasteiger partial charge in [0.05, 0.1) is 0 Å². The highest BCUT2D eigenvalue weighted by molar-refractivity contribution is 5.82. The number of carboxylic acids is 1. The summed E-state index contributed by atoms with van der Waals surface area (Å²) in [5, 5.41) is 11.7. The van der Waals surface area contributed by atoms with Gasteiger partial charge in [0.1, 0.15) is 6.10 Å². The monoisotopic (exact) mass is 277 g/mol. The number of amides is 1. The zero-order chi connectivity index (χ0) is 14.5. The molecule has 1 amide bonds. The van der Waals surface area contributed by atoms with Gasteiger partial charge in [-0.05, 0) is 30.4 Å². The molecule has 0 aliphatic carbocycles. The lowest BCUT2D eigenvalue weighted by Gasteiger charge is -2.13. The average molecular weight is 277 g/mol. The van der Waals surface area contributed by atoms with Gasteiger partial charge >= 0.3 is 5.97 Å². The van der Waals surface area contributed by atoms with Gasteiger partial charge in [-0.3, -0.25) is 4.79 Å². The topological polar surface area (TPSA) is 75.6 Å². The molecule has 0 spiro atoms. The Kier molecular flexibility index (Phi) is 4.74. The number of benzene rings is 1. The number of carboxylic acid groups (broad SMARTS) is 1. The van der Waals surface area contributed by atoms with Gasteiger partial charge < -0.3 is 15.2 Å². The molecule has 1 fully saturated rings. The Bertz CT molecular complexity index is 500. The predicted molar refractivity (Wildman–Crippen MR) is 73.2 cm³/mol. The highest BCUT2D eigenvalue weighted by atomic mass is 16.5. The van der Waals surface area contributed by atoms with Crippen LogP contribution in [0.25, 0.3) is 0 Å². The van der Waals surface area contributed by atoms with E-state index in [4.69, 9.17) is 9.84 Å². The van der Waals surface area contributed by atoms with Crippen molar-refractivity contribution in [3.63, 3.8) is 0 Å². The molecule has 20 heavy (non-hydrogen) atoms. The molecule has 2 unspecified atom stereocenters. The maximum Gasteiger partial charge on any atom is 0.332 e. The minimum Gasteiger partial charge on any atom is -0.479 e. The van der Waals surface area contributed by atoms with Crippen molar-refractivity contribution in [3.8, 4) is 0 Å². The molecule has 1 aliphatic rings. The van der Waals surface area contributed by atoms with E-state index in [0.29, 0.717) is 19.4 Å². The molecule has 1 aromatic rings. The Morgan fingerprint density at radius 3 is 2.50 bits per heavy atom. The molecule has 0 radical (unpaired) electrons. The molecule has 0 bridgehead atoms. The SMILES string of the molecule is CCc1ccccc1CNC(=O)C1CCC(C(=O)O)O1. The summed E-state index contributed by atoms with van der Waals surface area (Å²) in [7, 11) is 0. The number of hydrogen-bond acceptors (Lipinski definition) is 3. The summed E-state index contributed by atoms with van der Waals surface area (Å²) in [6, 6.07) is 7.93. The standard InChI is InChI=1S/C15H19NO4/c1-2-10-5-3-4-6-11(10)9-16-14(17)12-7-8-13(20-12)15(18)19/h3-6,12-13H,2,7-9H2,1H3,(H,16,17)(H,18,19). The second kappa shape index (κ2) is 6.52. The number of carbonyl (C=O) groups is 2. The van der Waals surface area contributed by atoms with Crippen LogP contribution in [-0.4, -0.2) is 29.2 Å². The first-order chi connectivity index (χ1) is 9.61. The summed E-state index contributed by atoms with van der Waals surface area (Å²) in [5.41, 5.74) is 2.28. The first-order valence-electron chi connectivity index (χ1n) is 6.84. The molecule has 1 aromatic carbocycles. The summed E-state index contributed by atoms with van der Waals surface area (Å²) in [5.74, 6) is -1.24.